The van der Waals surface area contributed by atoms with Crippen molar-refractivity contribution in [1.29, 1.82) is 0 Å². The van der Waals surface area contributed by atoms with E-state index in [0.717, 1.165) is 41.7 Å². The molecule has 3 rings (SSSR count). The Morgan fingerprint density at radius 3 is 2.53 bits per heavy atom. The zero-order chi connectivity index (χ0) is 13.3. The van der Waals surface area contributed by atoms with Gasteiger partial charge in [0, 0.05) is 10.6 Å². The summed E-state index contributed by atoms with van der Waals surface area (Å²) in [6, 6.07) is 6.00. The van der Waals surface area contributed by atoms with Gasteiger partial charge in [-0.25, -0.2) is 0 Å². The predicted molar refractivity (Wildman–Crippen MR) is 78.6 cm³/mol. The molecule has 3 heteroatoms. The van der Waals surface area contributed by atoms with E-state index in [1.165, 1.54) is 32.1 Å². The van der Waals surface area contributed by atoms with Gasteiger partial charge in [0.05, 0.1) is 6.61 Å². The number of nitrogens with two attached hydrogens (primary N) is 1. The molecule has 2 aliphatic rings. The molecule has 0 atom stereocenters. The van der Waals surface area contributed by atoms with Crippen molar-refractivity contribution in [3.05, 3.63) is 28.8 Å². The second-order valence-electron chi connectivity index (χ2n) is 6.15. The van der Waals surface area contributed by atoms with Gasteiger partial charge in [0.15, 0.2) is 0 Å². The Morgan fingerprint density at radius 2 is 1.89 bits per heavy atom. The van der Waals surface area contributed by atoms with Crippen LogP contribution in [0.4, 0.5) is 0 Å². The van der Waals surface area contributed by atoms with Gasteiger partial charge in [-0.15, -0.1) is 0 Å². The molecule has 2 aliphatic carbocycles. The van der Waals surface area contributed by atoms with Crippen LogP contribution in [0.2, 0.25) is 5.02 Å². The van der Waals surface area contributed by atoms with Gasteiger partial charge in [-0.2, -0.15) is 0 Å². The largest absolute Gasteiger partial charge is 0.493 e. The van der Waals surface area contributed by atoms with Crippen molar-refractivity contribution in [3.8, 4) is 5.75 Å². The molecule has 0 heterocycles. The minimum absolute atomic E-state index is 0.195. The maximum Gasteiger partial charge on any atom is 0.121 e. The summed E-state index contributed by atoms with van der Waals surface area (Å²) in [5.41, 5.74) is 7.44. The Hall–Kier alpha value is -0.730. The van der Waals surface area contributed by atoms with Crippen LogP contribution in [0.15, 0.2) is 18.2 Å². The molecule has 2 fully saturated rings. The highest BCUT2D eigenvalue weighted by Gasteiger charge is 2.31. The predicted octanol–water partition coefficient (Wildman–Crippen LogP) is 4.25. The van der Waals surface area contributed by atoms with Crippen LogP contribution in [0.25, 0.3) is 0 Å². The van der Waals surface area contributed by atoms with Crippen LogP contribution in [0.1, 0.15) is 50.5 Å². The lowest BCUT2D eigenvalue weighted by Crippen LogP contribution is -2.33. The second kappa shape index (κ2) is 5.34. The number of rotatable bonds is 4. The van der Waals surface area contributed by atoms with E-state index in [1.807, 2.05) is 12.1 Å². The Balaban J connectivity index is 1.75. The average molecular weight is 280 g/mol. The fourth-order valence-corrected chi connectivity index (χ4v) is 3.33. The van der Waals surface area contributed by atoms with Crippen molar-refractivity contribution in [2.75, 3.05) is 6.61 Å². The lowest BCUT2D eigenvalue weighted by atomic mass is 9.86. The summed E-state index contributed by atoms with van der Waals surface area (Å²) in [6.07, 6.45) is 8.47. The second-order valence-corrected chi connectivity index (χ2v) is 6.58. The van der Waals surface area contributed by atoms with Gasteiger partial charge in [-0.1, -0.05) is 30.9 Å². The number of benzene rings is 1. The Labute approximate surface area is 120 Å². The smallest absolute Gasteiger partial charge is 0.121 e. The first-order valence-electron chi connectivity index (χ1n) is 7.38. The maximum atomic E-state index is 6.50. The molecule has 2 saturated carbocycles. The number of hydrogen-bond acceptors (Lipinski definition) is 2. The van der Waals surface area contributed by atoms with Crippen molar-refractivity contribution >= 4 is 11.6 Å². The van der Waals surface area contributed by atoms with Gasteiger partial charge in [0.1, 0.15) is 5.75 Å². The molecule has 0 saturated heterocycles. The molecule has 1 aromatic carbocycles. The molecule has 0 radical (unpaired) electrons. The minimum Gasteiger partial charge on any atom is -0.493 e. The molecule has 2 nitrogen and oxygen atoms in total. The highest BCUT2D eigenvalue weighted by molar-refractivity contribution is 6.30. The third-order valence-corrected chi connectivity index (χ3v) is 4.87. The SMILES string of the molecule is NC1(c2cc(Cl)cc(OCC3CCC3)c2)CCCC1. The van der Waals surface area contributed by atoms with Crippen molar-refractivity contribution in [2.24, 2.45) is 11.7 Å². The Kier molecular flexibility index (Phi) is 3.72. The van der Waals surface area contributed by atoms with Gasteiger partial charge in [-0.3, -0.25) is 0 Å². The molecule has 0 unspecified atom stereocenters. The van der Waals surface area contributed by atoms with Crippen LogP contribution in [0, 0.1) is 5.92 Å². The third kappa shape index (κ3) is 2.90. The standard InChI is InChI=1S/C16H22ClNO/c17-14-8-13(16(18)6-1-2-7-16)9-15(10-14)19-11-12-4-3-5-12/h8-10,12H,1-7,11,18H2. The van der Waals surface area contributed by atoms with Crippen molar-refractivity contribution in [2.45, 2.75) is 50.5 Å². The van der Waals surface area contributed by atoms with Crippen molar-refractivity contribution in [3.63, 3.8) is 0 Å². The summed E-state index contributed by atoms with van der Waals surface area (Å²) in [5.74, 6) is 1.62. The van der Waals surface area contributed by atoms with Crippen LogP contribution in [0.3, 0.4) is 0 Å². The van der Waals surface area contributed by atoms with Gasteiger partial charge in [0.2, 0.25) is 0 Å². The Morgan fingerprint density at radius 1 is 1.16 bits per heavy atom. The number of ether oxygens (including phenoxy) is 1. The molecule has 19 heavy (non-hydrogen) atoms. The number of halogens is 1. The van der Waals surface area contributed by atoms with Gasteiger partial charge < -0.3 is 10.5 Å². The lowest BCUT2D eigenvalue weighted by Gasteiger charge is -2.27. The summed E-state index contributed by atoms with van der Waals surface area (Å²) in [5, 5.41) is 0.734. The first-order chi connectivity index (χ1) is 9.16. The monoisotopic (exact) mass is 279 g/mol. The molecule has 0 bridgehead atoms. The van der Waals surface area contributed by atoms with E-state index in [2.05, 4.69) is 6.07 Å². The average Bonchev–Trinajstić information content (AvgIpc) is 2.75. The van der Waals surface area contributed by atoms with Crippen LogP contribution < -0.4 is 10.5 Å². The first-order valence-corrected chi connectivity index (χ1v) is 7.76. The van der Waals surface area contributed by atoms with Crippen LogP contribution in [-0.2, 0) is 5.54 Å². The third-order valence-electron chi connectivity index (χ3n) is 4.65. The maximum absolute atomic E-state index is 6.50. The molecular weight excluding hydrogens is 258 g/mol. The summed E-state index contributed by atoms with van der Waals surface area (Å²) in [7, 11) is 0. The zero-order valence-corrected chi connectivity index (χ0v) is 12.1. The fourth-order valence-electron chi connectivity index (χ4n) is 3.10. The van der Waals surface area contributed by atoms with Crippen LogP contribution >= 0.6 is 11.6 Å². The van der Waals surface area contributed by atoms with Gasteiger partial charge >= 0.3 is 0 Å². The molecular formula is C16H22ClNO. The van der Waals surface area contributed by atoms with E-state index in [1.54, 1.807) is 0 Å². The van der Waals surface area contributed by atoms with Crippen LogP contribution in [-0.4, -0.2) is 6.61 Å². The summed E-state index contributed by atoms with van der Waals surface area (Å²) in [6.45, 7) is 0.817. The van der Waals surface area contributed by atoms with E-state index in [0.29, 0.717) is 0 Å². The fraction of sp³-hybridized carbons (Fsp3) is 0.625. The summed E-state index contributed by atoms with van der Waals surface area (Å²) < 4.78 is 5.90. The van der Waals surface area contributed by atoms with Gasteiger partial charge in [-0.05, 0) is 55.4 Å². The Bertz CT molecular complexity index is 450. The molecule has 0 spiro atoms. The van der Waals surface area contributed by atoms with Crippen molar-refractivity contribution < 1.29 is 4.74 Å². The topological polar surface area (TPSA) is 35.2 Å². The highest BCUT2D eigenvalue weighted by Crippen LogP contribution is 2.39. The summed E-state index contributed by atoms with van der Waals surface area (Å²) >= 11 is 6.22. The number of hydrogen-bond donors (Lipinski definition) is 1. The zero-order valence-electron chi connectivity index (χ0n) is 11.3. The van der Waals surface area contributed by atoms with Crippen LogP contribution in [0.5, 0.6) is 5.75 Å². The molecule has 0 amide bonds. The summed E-state index contributed by atoms with van der Waals surface area (Å²) in [4.78, 5) is 0. The normalized spacial score (nSPS) is 22.2. The van der Waals surface area contributed by atoms with E-state index in [-0.39, 0.29) is 5.54 Å². The van der Waals surface area contributed by atoms with Gasteiger partial charge in [0.25, 0.3) is 0 Å². The van der Waals surface area contributed by atoms with E-state index >= 15 is 0 Å². The molecule has 0 aliphatic heterocycles. The van der Waals surface area contributed by atoms with E-state index < -0.39 is 0 Å². The minimum atomic E-state index is -0.195. The molecule has 1 aromatic rings. The van der Waals surface area contributed by atoms with Crippen molar-refractivity contribution in [1.82, 2.24) is 0 Å². The molecule has 2 N–H and O–H groups in total. The molecule has 0 aromatic heterocycles. The first kappa shape index (κ1) is 13.3. The lowest BCUT2D eigenvalue weighted by molar-refractivity contribution is 0.180. The quantitative estimate of drug-likeness (QED) is 0.894. The van der Waals surface area contributed by atoms with E-state index in [9.17, 15) is 0 Å². The molecule has 104 valence electrons. The van der Waals surface area contributed by atoms with E-state index in [4.69, 9.17) is 22.1 Å². The highest BCUT2D eigenvalue weighted by atomic mass is 35.5.